The van der Waals surface area contributed by atoms with Crippen LogP contribution in [0.1, 0.15) is 38.2 Å². The van der Waals surface area contributed by atoms with Gasteiger partial charge in [0, 0.05) is 26.1 Å². The number of hydrogen-bond acceptors (Lipinski definition) is 4. The van der Waals surface area contributed by atoms with Crippen LogP contribution in [0.5, 0.6) is 5.75 Å². The molecular weight excluding hydrogens is 348 g/mol. The molecule has 0 spiro atoms. The average Bonchev–Trinajstić information content (AvgIpc) is 2.67. The smallest absolute Gasteiger partial charge is 0.341 e. The molecular formula is C20H28N2O5. The Morgan fingerprint density at radius 1 is 1.26 bits per heavy atom. The van der Waals surface area contributed by atoms with Crippen LogP contribution in [0.25, 0.3) is 0 Å². The van der Waals surface area contributed by atoms with Crippen molar-refractivity contribution in [1.82, 2.24) is 10.2 Å². The fraction of sp³-hybridized carbons (Fsp3) is 0.550. The minimum absolute atomic E-state index is 0.00501. The molecule has 1 heterocycles. The molecule has 1 fully saturated rings. The molecule has 2 rings (SSSR count). The maximum Gasteiger partial charge on any atom is 0.341 e. The average molecular weight is 376 g/mol. The monoisotopic (exact) mass is 376 g/mol. The number of rotatable bonds is 9. The molecule has 7 heteroatoms. The zero-order chi connectivity index (χ0) is 19.6. The van der Waals surface area contributed by atoms with E-state index in [9.17, 15) is 14.4 Å². The second-order valence-electron chi connectivity index (χ2n) is 6.80. The molecule has 7 nitrogen and oxygen atoms in total. The number of benzene rings is 1. The van der Waals surface area contributed by atoms with Gasteiger partial charge < -0.3 is 20.1 Å². The molecule has 1 aliphatic heterocycles. The Morgan fingerprint density at radius 3 is 2.67 bits per heavy atom. The Bertz CT molecular complexity index is 644. The highest BCUT2D eigenvalue weighted by Crippen LogP contribution is 2.18. The normalized spacial score (nSPS) is 16.6. The summed E-state index contributed by atoms with van der Waals surface area (Å²) in [5.74, 6) is -0.499. The van der Waals surface area contributed by atoms with Crippen molar-refractivity contribution in [2.24, 2.45) is 5.92 Å². The van der Waals surface area contributed by atoms with Crippen LogP contribution in [0.2, 0.25) is 0 Å². The minimum atomic E-state index is -1.01. The van der Waals surface area contributed by atoms with E-state index in [1.54, 1.807) is 12.1 Å². The summed E-state index contributed by atoms with van der Waals surface area (Å²) in [6, 6.07) is 7.15. The summed E-state index contributed by atoms with van der Waals surface area (Å²) in [4.78, 5) is 36.7. The molecule has 0 bridgehead atoms. The van der Waals surface area contributed by atoms with E-state index in [1.165, 1.54) is 0 Å². The summed E-state index contributed by atoms with van der Waals surface area (Å²) < 4.78 is 5.09. The Balaban J connectivity index is 1.73. The second-order valence-corrected chi connectivity index (χ2v) is 6.80. The van der Waals surface area contributed by atoms with Gasteiger partial charge in [0.25, 0.3) is 0 Å². The Kier molecular flexibility index (Phi) is 8.10. The maximum absolute atomic E-state index is 12.4. The number of carbonyl (C=O) groups excluding carboxylic acids is 2. The first-order valence-corrected chi connectivity index (χ1v) is 9.48. The minimum Gasteiger partial charge on any atom is -0.482 e. The van der Waals surface area contributed by atoms with Crippen LogP contribution in [0.3, 0.4) is 0 Å². The number of carboxylic acids is 1. The Labute approximate surface area is 159 Å². The lowest BCUT2D eigenvalue weighted by atomic mass is 9.96. The van der Waals surface area contributed by atoms with Crippen molar-refractivity contribution in [3.05, 3.63) is 29.8 Å². The molecule has 1 saturated heterocycles. The molecule has 1 aromatic rings. The fourth-order valence-corrected chi connectivity index (χ4v) is 3.16. The van der Waals surface area contributed by atoms with Gasteiger partial charge in [-0.1, -0.05) is 19.1 Å². The van der Waals surface area contributed by atoms with E-state index in [-0.39, 0.29) is 24.3 Å². The molecule has 2 amide bonds. The van der Waals surface area contributed by atoms with Crippen molar-refractivity contribution >= 4 is 17.8 Å². The third-order valence-corrected chi connectivity index (χ3v) is 4.61. The van der Waals surface area contributed by atoms with Gasteiger partial charge in [-0.15, -0.1) is 0 Å². The third-order valence-electron chi connectivity index (χ3n) is 4.61. The van der Waals surface area contributed by atoms with E-state index in [0.717, 1.165) is 31.4 Å². The van der Waals surface area contributed by atoms with Gasteiger partial charge in [0.2, 0.25) is 11.8 Å². The van der Waals surface area contributed by atoms with Gasteiger partial charge in [0.1, 0.15) is 5.75 Å². The summed E-state index contributed by atoms with van der Waals surface area (Å²) in [6.07, 6.45) is 3.73. The van der Waals surface area contributed by atoms with Crippen molar-refractivity contribution in [3.63, 3.8) is 0 Å². The number of hydrogen-bond donors (Lipinski definition) is 2. The number of nitrogens with zero attached hydrogens (tertiary/aromatic N) is 1. The Morgan fingerprint density at radius 2 is 2.00 bits per heavy atom. The number of ether oxygens (including phenoxy) is 1. The number of likely N-dealkylation sites (tertiary alicyclic amines) is 1. The van der Waals surface area contributed by atoms with E-state index < -0.39 is 5.97 Å². The van der Waals surface area contributed by atoms with E-state index in [4.69, 9.17) is 9.84 Å². The van der Waals surface area contributed by atoms with Crippen LogP contribution in [0.4, 0.5) is 0 Å². The standard InChI is InChI=1S/C20H28N2O5/c1-2-4-18(23)22-12-3-5-16(13-22)20(26)21-11-10-15-6-8-17(9-7-15)27-14-19(24)25/h6-9,16H,2-5,10-14H2,1H3,(H,21,26)(H,24,25). The van der Waals surface area contributed by atoms with Crippen molar-refractivity contribution in [3.8, 4) is 5.75 Å². The summed E-state index contributed by atoms with van der Waals surface area (Å²) >= 11 is 0. The molecule has 27 heavy (non-hydrogen) atoms. The molecule has 2 N–H and O–H groups in total. The van der Waals surface area contributed by atoms with Gasteiger partial charge in [-0.3, -0.25) is 9.59 Å². The van der Waals surface area contributed by atoms with Gasteiger partial charge in [-0.25, -0.2) is 4.79 Å². The fourth-order valence-electron chi connectivity index (χ4n) is 3.16. The summed E-state index contributed by atoms with van der Waals surface area (Å²) in [7, 11) is 0. The zero-order valence-corrected chi connectivity index (χ0v) is 15.8. The van der Waals surface area contributed by atoms with Gasteiger partial charge in [0.05, 0.1) is 5.92 Å². The first kappa shape index (κ1) is 20.7. The second kappa shape index (κ2) is 10.5. The number of piperidine rings is 1. The van der Waals surface area contributed by atoms with Crippen molar-refractivity contribution in [2.75, 3.05) is 26.2 Å². The van der Waals surface area contributed by atoms with E-state index in [0.29, 0.717) is 31.7 Å². The van der Waals surface area contributed by atoms with Crippen LogP contribution in [0.15, 0.2) is 24.3 Å². The molecule has 1 unspecified atom stereocenters. The van der Waals surface area contributed by atoms with Crippen LogP contribution >= 0.6 is 0 Å². The van der Waals surface area contributed by atoms with E-state index in [2.05, 4.69) is 5.32 Å². The van der Waals surface area contributed by atoms with Crippen LogP contribution in [-0.4, -0.2) is 54.0 Å². The molecule has 0 aromatic heterocycles. The van der Waals surface area contributed by atoms with Crippen molar-refractivity contribution in [1.29, 1.82) is 0 Å². The first-order valence-electron chi connectivity index (χ1n) is 9.48. The number of amides is 2. The molecule has 1 aliphatic rings. The van der Waals surface area contributed by atoms with Gasteiger partial charge in [-0.05, 0) is 43.4 Å². The van der Waals surface area contributed by atoms with E-state index in [1.807, 2.05) is 24.0 Å². The Hall–Kier alpha value is -2.57. The highest BCUT2D eigenvalue weighted by molar-refractivity contribution is 5.81. The molecule has 148 valence electrons. The number of nitrogens with one attached hydrogen (secondary N) is 1. The largest absolute Gasteiger partial charge is 0.482 e. The van der Waals surface area contributed by atoms with Crippen LogP contribution in [0, 0.1) is 5.92 Å². The SMILES string of the molecule is CCCC(=O)N1CCCC(C(=O)NCCc2ccc(OCC(=O)O)cc2)C1. The van der Waals surface area contributed by atoms with Crippen LogP contribution < -0.4 is 10.1 Å². The van der Waals surface area contributed by atoms with Gasteiger partial charge in [0.15, 0.2) is 6.61 Å². The predicted molar refractivity (Wildman–Crippen MR) is 100 cm³/mol. The lowest BCUT2D eigenvalue weighted by molar-refractivity contribution is -0.139. The van der Waals surface area contributed by atoms with Crippen molar-refractivity contribution < 1.29 is 24.2 Å². The van der Waals surface area contributed by atoms with Crippen molar-refractivity contribution in [2.45, 2.75) is 39.0 Å². The molecule has 1 atom stereocenters. The van der Waals surface area contributed by atoms with E-state index >= 15 is 0 Å². The lowest BCUT2D eigenvalue weighted by Gasteiger charge is -2.32. The molecule has 0 radical (unpaired) electrons. The number of aliphatic carboxylic acids is 1. The zero-order valence-electron chi connectivity index (χ0n) is 15.8. The third kappa shape index (κ3) is 6.92. The number of carbonyl (C=O) groups is 3. The highest BCUT2D eigenvalue weighted by atomic mass is 16.5. The number of carboxylic acid groups (broad SMARTS) is 1. The lowest BCUT2D eigenvalue weighted by Crippen LogP contribution is -2.45. The molecule has 0 saturated carbocycles. The summed E-state index contributed by atoms with van der Waals surface area (Å²) in [5.41, 5.74) is 1.03. The van der Waals surface area contributed by atoms with Gasteiger partial charge in [-0.2, -0.15) is 0 Å². The maximum atomic E-state index is 12.4. The van der Waals surface area contributed by atoms with Gasteiger partial charge >= 0.3 is 5.97 Å². The highest BCUT2D eigenvalue weighted by Gasteiger charge is 2.27. The molecule has 1 aromatic carbocycles. The topological polar surface area (TPSA) is 95.9 Å². The quantitative estimate of drug-likeness (QED) is 0.686. The van der Waals surface area contributed by atoms with Crippen LogP contribution in [-0.2, 0) is 20.8 Å². The summed E-state index contributed by atoms with van der Waals surface area (Å²) in [5, 5.41) is 11.6. The summed E-state index contributed by atoms with van der Waals surface area (Å²) in [6.45, 7) is 3.40. The molecule has 0 aliphatic carbocycles. The predicted octanol–water partition coefficient (Wildman–Crippen LogP) is 1.85. The first-order chi connectivity index (χ1) is 13.0.